The molecule has 0 spiro atoms. The van der Waals surface area contributed by atoms with Crippen molar-refractivity contribution in [3.8, 4) is 28.4 Å². The van der Waals surface area contributed by atoms with Gasteiger partial charge in [0.1, 0.15) is 41.4 Å². The highest BCUT2D eigenvalue weighted by atomic mass is 19.1. The fraction of sp³-hybridized carbons (Fsp3) is 0.138. The zero-order valence-corrected chi connectivity index (χ0v) is 21.9. The van der Waals surface area contributed by atoms with Crippen molar-refractivity contribution < 1.29 is 13.9 Å². The van der Waals surface area contributed by atoms with Crippen molar-refractivity contribution in [2.24, 2.45) is 0 Å². The molecular weight excluding hydrogens is 513 g/mol. The minimum atomic E-state index is -0.635. The zero-order valence-electron chi connectivity index (χ0n) is 21.9. The van der Waals surface area contributed by atoms with E-state index in [-0.39, 0.29) is 23.3 Å². The molecule has 40 heavy (non-hydrogen) atoms. The summed E-state index contributed by atoms with van der Waals surface area (Å²) in [5.41, 5.74) is 9.12. The smallest absolute Gasteiger partial charge is 0.269 e. The number of benzene rings is 3. The number of ether oxygens (including phenoxy) is 2. The number of nitrogens with zero attached hydrogens (tertiary/aromatic N) is 6. The van der Waals surface area contributed by atoms with Crippen molar-refractivity contribution in [1.82, 2.24) is 29.3 Å². The SMILES string of the molecule is COc1ccc(-c2nn(Cc3nc4cccc(F)c4c(=O)n3-c3ccccc3C)c3ncnc(N)c23)cc1OC. The number of rotatable bonds is 6. The van der Waals surface area contributed by atoms with Crippen LogP contribution in [-0.4, -0.2) is 43.5 Å². The maximum absolute atomic E-state index is 14.8. The van der Waals surface area contributed by atoms with Crippen LogP contribution >= 0.6 is 0 Å². The number of para-hydroxylation sites is 1. The van der Waals surface area contributed by atoms with E-state index >= 15 is 0 Å². The van der Waals surface area contributed by atoms with Gasteiger partial charge in [-0.1, -0.05) is 24.3 Å². The lowest BCUT2D eigenvalue weighted by Crippen LogP contribution is -2.27. The summed E-state index contributed by atoms with van der Waals surface area (Å²) in [4.78, 5) is 27.1. The Kier molecular flexibility index (Phi) is 6.10. The Bertz CT molecular complexity index is 1980. The molecule has 3 aromatic carbocycles. The first-order chi connectivity index (χ1) is 19.4. The van der Waals surface area contributed by atoms with Gasteiger partial charge in [-0.25, -0.2) is 24.0 Å². The van der Waals surface area contributed by atoms with E-state index in [0.29, 0.717) is 45.3 Å². The van der Waals surface area contributed by atoms with Crippen LogP contribution in [-0.2, 0) is 6.54 Å². The first-order valence-corrected chi connectivity index (χ1v) is 12.4. The predicted octanol–water partition coefficient (Wildman–Crippen LogP) is 4.29. The van der Waals surface area contributed by atoms with E-state index < -0.39 is 11.4 Å². The van der Waals surface area contributed by atoms with Gasteiger partial charge in [0.2, 0.25) is 0 Å². The quantitative estimate of drug-likeness (QED) is 0.334. The van der Waals surface area contributed by atoms with Gasteiger partial charge in [0, 0.05) is 5.56 Å². The van der Waals surface area contributed by atoms with E-state index in [1.165, 1.54) is 23.0 Å². The van der Waals surface area contributed by atoms with Crippen molar-refractivity contribution in [3.05, 3.63) is 94.5 Å². The van der Waals surface area contributed by atoms with Crippen molar-refractivity contribution in [2.45, 2.75) is 13.5 Å². The fourth-order valence-corrected chi connectivity index (χ4v) is 4.86. The van der Waals surface area contributed by atoms with E-state index in [1.807, 2.05) is 31.2 Å². The summed E-state index contributed by atoms with van der Waals surface area (Å²) in [7, 11) is 3.11. The molecule has 10 nitrogen and oxygen atoms in total. The largest absolute Gasteiger partial charge is 0.493 e. The van der Waals surface area contributed by atoms with Gasteiger partial charge in [-0.3, -0.25) is 9.36 Å². The third-order valence-electron chi connectivity index (χ3n) is 6.78. The molecule has 0 aliphatic rings. The van der Waals surface area contributed by atoms with Gasteiger partial charge >= 0.3 is 0 Å². The van der Waals surface area contributed by atoms with Crippen molar-refractivity contribution in [3.63, 3.8) is 0 Å². The van der Waals surface area contributed by atoms with Gasteiger partial charge < -0.3 is 15.2 Å². The van der Waals surface area contributed by atoms with Gasteiger partial charge in [0.25, 0.3) is 5.56 Å². The number of nitrogens with two attached hydrogens (primary N) is 1. The average molecular weight is 538 g/mol. The molecule has 0 amide bonds. The highest BCUT2D eigenvalue weighted by molar-refractivity contribution is 5.98. The van der Waals surface area contributed by atoms with Crippen LogP contribution in [0.2, 0.25) is 0 Å². The third kappa shape index (κ3) is 3.99. The Balaban J connectivity index is 1.60. The van der Waals surface area contributed by atoms with Crippen LogP contribution in [0.4, 0.5) is 10.2 Å². The summed E-state index contributed by atoms with van der Waals surface area (Å²) in [6.07, 6.45) is 1.35. The standard InChI is InChI=1S/C29H24FN7O3/c1-16-7-4-5-10-20(16)37-23(34-19-9-6-8-18(30)24(19)29(37)38)14-36-28-25(27(31)32-15-33-28)26(35-36)17-11-12-21(39-2)22(13-17)40-3/h4-13,15H,14H2,1-3H3,(H2,31,32,33). The minimum Gasteiger partial charge on any atom is -0.493 e. The Morgan fingerprint density at radius 1 is 0.950 bits per heavy atom. The molecule has 0 atom stereocenters. The van der Waals surface area contributed by atoms with Crippen LogP contribution in [0, 0.1) is 12.7 Å². The maximum Gasteiger partial charge on any atom is 0.269 e. The summed E-state index contributed by atoms with van der Waals surface area (Å²) in [6.45, 7) is 1.92. The van der Waals surface area contributed by atoms with Crippen LogP contribution in [0.25, 0.3) is 38.9 Å². The summed E-state index contributed by atoms with van der Waals surface area (Å²) in [5.74, 6) is 1.03. The molecule has 11 heteroatoms. The summed E-state index contributed by atoms with van der Waals surface area (Å²) >= 11 is 0. The first kappa shape index (κ1) is 25.0. The van der Waals surface area contributed by atoms with Crippen molar-refractivity contribution >= 4 is 27.8 Å². The molecule has 6 aromatic rings. The highest BCUT2D eigenvalue weighted by Crippen LogP contribution is 2.36. The molecule has 0 saturated carbocycles. The zero-order chi connectivity index (χ0) is 28.0. The Hall–Kier alpha value is -5.32. The average Bonchev–Trinajstić information content (AvgIpc) is 3.33. The number of fused-ring (bicyclic) bond motifs is 2. The fourth-order valence-electron chi connectivity index (χ4n) is 4.86. The number of anilines is 1. The molecule has 0 aliphatic heterocycles. The van der Waals surface area contributed by atoms with E-state index in [0.717, 1.165) is 5.56 Å². The molecule has 0 saturated heterocycles. The van der Waals surface area contributed by atoms with E-state index in [1.54, 1.807) is 43.2 Å². The lowest BCUT2D eigenvalue weighted by molar-refractivity contribution is 0.355. The number of aryl methyl sites for hydroxylation is 1. The van der Waals surface area contributed by atoms with Crippen LogP contribution in [0.3, 0.4) is 0 Å². The Morgan fingerprint density at radius 2 is 1.75 bits per heavy atom. The monoisotopic (exact) mass is 537 g/mol. The van der Waals surface area contributed by atoms with Gasteiger partial charge in [-0.15, -0.1) is 0 Å². The predicted molar refractivity (Wildman–Crippen MR) is 149 cm³/mol. The van der Waals surface area contributed by atoms with Gasteiger partial charge in [-0.2, -0.15) is 5.10 Å². The first-order valence-electron chi connectivity index (χ1n) is 12.4. The second-order valence-corrected chi connectivity index (χ2v) is 9.12. The Labute approximate surface area is 227 Å². The van der Waals surface area contributed by atoms with Gasteiger partial charge in [0.05, 0.1) is 30.8 Å². The van der Waals surface area contributed by atoms with Crippen LogP contribution in [0.1, 0.15) is 11.4 Å². The molecule has 3 heterocycles. The number of nitrogen functional groups attached to an aromatic ring is 1. The molecule has 0 aliphatic carbocycles. The third-order valence-corrected chi connectivity index (χ3v) is 6.78. The van der Waals surface area contributed by atoms with Crippen LogP contribution < -0.4 is 20.8 Å². The molecular formula is C29H24FN7O3. The van der Waals surface area contributed by atoms with Crippen LogP contribution in [0.5, 0.6) is 11.5 Å². The topological polar surface area (TPSA) is 123 Å². The van der Waals surface area contributed by atoms with E-state index in [9.17, 15) is 9.18 Å². The number of methoxy groups -OCH3 is 2. The number of halogens is 1. The maximum atomic E-state index is 14.8. The normalized spacial score (nSPS) is 11.3. The summed E-state index contributed by atoms with van der Waals surface area (Å²) in [5, 5.41) is 5.29. The molecule has 6 rings (SSSR count). The van der Waals surface area contributed by atoms with E-state index in [4.69, 9.17) is 25.3 Å². The number of hydrogen-bond acceptors (Lipinski definition) is 8. The molecule has 3 aromatic heterocycles. The van der Waals surface area contributed by atoms with Crippen molar-refractivity contribution in [1.29, 1.82) is 0 Å². The molecule has 0 bridgehead atoms. The molecule has 0 radical (unpaired) electrons. The minimum absolute atomic E-state index is 0.0380. The second-order valence-electron chi connectivity index (χ2n) is 9.12. The van der Waals surface area contributed by atoms with E-state index in [2.05, 4.69) is 9.97 Å². The highest BCUT2D eigenvalue weighted by Gasteiger charge is 2.22. The van der Waals surface area contributed by atoms with Crippen LogP contribution in [0.15, 0.2) is 71.8 Å². The number of aromatic nitrogens is 6. The molecule has 200 valence electrons. The van der Waals surface area contributed by atoms with Gasteiger partial charge in [0.15, 0.2) is 17.1 Å². The molecule has 0 fully saturated rings. The lowest BCUT2D eigenvalue weighted by Gasteiger charge is -2.16. The van der Waals surface area contributed by atoms with Gasteiger partial charge in [-0.05, 0) is 48.9 Å². The molecule has 2 N–H and O–H groups in total. The number of hydrogen-bond donors (Lipinski definition) is 1. The summed E-state index contributed by atoms with van der Waals surface area (Å²) in [6, 6.07) is 17.1. The Morgan fingerprint density at radius 3 is 2.52 bits per heavy atom. The lowest BCUT2D eigenvalue weighted by atomic mass is 10.1. The molecule has 0 unspecified atom stereocenters. The second kappa shape index (κ2) is 9.77. The summed E-state index contributed by atoms with van der Waals surface area (Å²) < 4.78 is 28.7. The van der Waals surface area contributed by atoms with Crippen molar-refractivity contribution in [2.75, 3.05) is 20.0 Å².